The molecule has 0 spiro atoms. The van der Waals surface area contributed by atoms with Gasteiger partial charge in [0.1, 0.15) is 11.0 Å². The van der Waals surface area contributed by atoms with Crippen molar-refractivity contribution in [2.24, 2.45) is 0 Å². The lowest BCUT2D eigenvalue weighted by Crippen LogP contribution is -2.23. The van der Waals surface area contributed by atoms with Gasteiger partial charge < -0.3 is 14.8 Å². The SMILES string of the molecule is CCOc1ccc(CNC(=O)c2c(C)nn(Cc3ccc(F)cc3)c2Cl)cc1OC. The first-order valence-electron chi connectivity index (χ1n) is 9.48. The summed E-state index contributed by atoms with van der Waals surface area (Å²) in [6.45, 7) is 4.79. The quantitative estimate of drug-likeness (QED) is 0.575. The Balaban J connectivity index is 1.71. The minimum Gasteiger partial charge on any atom is -0.493 e. The zero-order valence-electron chi connectivity index (χ0n) is 17.0. The van der Waals surface area contributed by atoms with Crippen LogP contribution in [-0.4, -0.2) is 29.4 Å². The maximum atomic E-state index is 13.1. The van der Waals surface area contributed by atoms with E-state index < -0.39 is 0 Å². The summed E-state index contributed by atoms with van der Waals surface area (Å²) in [4.78, 5) is 12.7. The van der Waals surface area contributed by atoms with Crippen LogP contribution in [0.2, 0.25) is 5.15 Å². The van der Waals surface area contributed by atoms with Gasteiger partial charge in [-0.2, -0.15) is 5.10 Å². The first-order valence-corrected chi connectivity index (χ1v) is 9.86. The molecular weight excluding hydrogens is 409 g/mol. The van der Waals surface area contributed by atoms with Gasteiger partial charge in [-0.25, -0.2) is 9.07 Å². The Hall–Kier alpha value is -3.06. The number of hydrogen-bond acceptors (Lipinski definition) is 4. The molecule has 0 bridgehead atoms. The van der Waals surface area contributed by atoms with Gasteiger partial charge in [-0.05, 0) is 49.2 Å². The molecule has 1 heterocycles. The van der Waals surface area contributed by atoms with Crippen molar-refractivity contribution in [3.63, 3.8) is 0 Å². The summed E-state index contributed by atoms with van der Waals surface area (Å²) in [7, 11) is 1.57. The third-order valence-electron chi connectivity index (χ3n) is 4.52. The highest BCUT2D eigenvalue weighted by atomic mass is 35.5. The highest BCUT2D eigenvalue weighted by molar-refractivity contribution is 6.33. The molecule has 0 radical (unpaired) electrons. The Kier molecular flexibility index (Phi) is 6.95. The topological polar surface area (TPSA) is 65.4 Å². The lowest BCUT2D eigenvalue weighted by atomic mass is 10.2. The second-order valence-corrected chi connectivity index (χ2v) is 6.99. The normalized spacial score (nSPS) is 10.7. The number of ether oxygens (including phenoxy) is 2. The highest BCUT2D eigenvalue weighted by Gasteiger charge is 2.20. The van der Waals surface area contributed by atoms with Crippen LogP contribution in [0.5, 0.6) is 11.5 Å². The number of nitrogens with zero attached hydrogens (tertiary/aromatic N) is 2. The molecule has 0 aliphatic heterocycles. The van der Waals surface area contributed by atoms with Crippen LogP contribution in [-0.2, 0) is 13.1 Å². The van der Waals surface area contributed by atoms with Crippen LogP contribution in [0.4, 0.5) is 4.39 Å². The smallest absolute Gasteiger partial charge is 0.256 e. The molecular formula is C22H23ClFN3O3. The number of amides is 1. The molecule has 0 fully saturated rings. The van der Waals surface area contributed by atoms with E-state index in [0.717, 1.165) is 11.1 Å². The minimum absolute atomic E-state index is 0.235. The van der Waals surface area contributed by atoms with Gasteiger partial charge in [0.2, 0.25) is 0 Å². The second-order valence-electron chi connectivity index (χ2n) is 6.64. The van der Waals surface area contributed by atoms with Gasteiger partial charge in [0, 0.05) is 6.54 Å². The predicted molar refractivity (Wildman–Crippen MR) is 113 cm³/mol. The molecule has 0 aliphatic rings. The maximum Gasteiger partial charge on any atom is 0.256 e. The Bertz CT molecular complexity index is 1030. The van der Waals surface area contributed by atoms with Gasteiger partial charge in [0.15, 0.2) is 11.5 Å². The van der Waals surface area contributed by atoms with E-state index >= 15 is 0 Å². The van der Waals surface area contributed by atoms with Crippen LogP contribution in [0, 0.1) is 12.7 Å². The van der Waals surface area contributed by atoms with E-state index in [-0.39, 0.29) is 16.9 Å². The van der Waals surface area contributed by atoms with Crippen LogP contribution in [0.15, 0.2) is 42.5 Å². The monoisotopic (exact) mass is 431 g/mol. The van der Waals surface area contributed by atoms with Crippen molar-refractivity contribution < 1.29 is 18.7 Å². The third-order valence-corrected chi connectivity index (χ3v) is 4.90. The number of rotatable bonds is 8. The van der Waals surface area contributed by atoms with Gasteiger partial charge in [-0.15, -0.1) is 0 Å². The summed E-state index contributed by atoms with van der Waals surface area (Å²) in [5, 5.41) is 7.45. The minimum atomic E-state index is -0.323. The first kappa shape index (κ1) is 21.6. The number of nitrogens with one attached hydrogen (secondary N) is 1. The zero-order valence-corrected chi connectivity index (χ0v) is 17.8. The molecule has 2 aromatic carbocycles. The van der Waals surface area contributed by atoms with Crippen molar-refractivity contribution >= 4 is 17.5 Å². The van der Waals surface area contributed by atoms with E-state index in [2.05, 4.69) is 10.4 Å². The fourth-order valence-electron chi connectivity index (χ4n) is 3.05. The van der Waals surface area contributed by atoms with Crippen LogP contribution in [0.1, 0.15) is 34.1 Å². The molecule has 8 heteroatoms. The molecule has 1 N–H and O–H groups in total. The third kappa shape index (κ3) is 4.91. The highest BCUT2D eigenvalue weighted by Crippen LogP contribution is 2.28. The fraction of sp³-hybridized carbons (Fsp3) is 0.273. The molecule has 0 unspecified atom stereocenters. The van der Waals surface area contributed by atoms with Crippen molar-refractivity contribution in [3.05, 3.63) is 75.8 Å². The van der Waals surface area contributed by atoms with Crippen molar-refractivity contribution in [3.8, 4) is 11.5 Å². The average molecular weight is 432 g/mol. The fourth-order valence-corrected chi connectivity index (χ4v) is 3.37. The predicted octanol–water partition coefficient (Wildman–Crippen LogP) is 4.37. The van der Waals surface area contributed by atoms with Gasteiger partial charge >= 0.3 is 0 Å². The summed E-state index contributed by atoms with van der Waals surface area (Å²) < 4.78 is 25.5. The number of halogens is 2. The zero-order chi connectivity index (χ0) is 21.7. The number of benzene rings is 2. The van der Waals surface area contributed by atoms with Crippen LogP contribution in [0.3, 0.4) is 0 Å². The molecule has 0 aliphatic carbocycles. The number of aryl methyl sites for hydroxylation is 1. The molecule has 0 atom stereocenters. The molecule has 3 aromatic rings. The van der Waals surface area contributed by atoms with E-state index in [1.807, 2.05) is 25.1 Å². The molecule has 3 rings (SSSR count). The van der Waals surface area contributed by atoms with E-state index in [4.69, 9.17) is 21.1 Å². The summed E-state index contributed by atoms with van der Waals surface area (Å²) >= 11 is 6.42. The van der Waals surface area contributed by atoms with Gasteiger partial charge in [-0.3, -0.25) is 4.79 Å². The van der Waals surface area contributed by atoms with Crippen LogP contribution in [0.25, 0.3) is 0 Å². The number of carbonyl (C=O) groups is 1. The van der Waals surface area contributed by atoms with E-state index in [1.54, 1.807) is 26.2 Å². The van der Waals surface area contributed by atoms with E-state index in [0.29, 0.717) is 42.5 Å². The summed E-state index contributed by atoms with van der Waals surface area (Å²) in [6.07, 6.45) is 0. The molecule has 1 amide bonds. The number of hydrogen-bond donors (Lipinski definition) is 1. The second kappa shape index (κ2) is 9.63. The van der Waals surface area contributed by atoms with Crippen molar-refractivity contribution in [2.45, 2.75) is 26.9 Å². The first-order chi connectivity index (χ1) is 14.4. The summed E-state index contributed by atoms with van der Waals surface area (Å²) in [6, 6.07) is 11.5. The van der Waals surface area contributed by atoms with Gasteiger partial charge in [0.25, 0.3) is 5.91 Å². The standard InChI is InChI=1S/C22H23ClFN3O3/c1-4-30-18-10-7-16(11-19(18)29-3)12-25-22(28)20-14(2)26-27(21(20)23)13-15-5-8-17(24)9-6-15/h5-11H,4,12-13H2,1-3H3,(H,25,28). The molecule has 1 aromatic heterocycles. The Morgan fingerprint density at radius 3 is 2.53 bits per heavy atom. The van der Waals surface area contributed by atoms with E-state index in [1.165, 1.54) is 16.8 Å². The summed E-state index contributed by atoms with van der Waals surface area (Å²) in [5.41, 5.74) is 2.52. The van der Waals surface area contributed by atoms with Gasteiger partial charge in [-0.1, -0.05) is 29.8 Å². The number of aromatic nitrogens is 2. The number of methoxy groups -OCH3 is 1. The lowest BCUT2D eigenvalue weighted by Gasteiger charge is -2.11. The Labute approximate surface area is 179 Å². The lowest BCUT2D eigenvalue weighted by molar-refractivity contribution is 0.0950. The van der Waals surface area contributed by atoms with Crippen LogP contribution >= 0.6 is 11.6 Å². The largest absolute Gasteiger partial charge is 0.493 e. The van der Waals surface area contributed by atoms with Crippen molar-refractivity contribution in [1.82, 2.24) is 15.1 Å². The molecule has 0 saturated carbocycles. The van der Waals surface area contributed by atoms with Crippen molar-refractivity contribution in [2.75, 3.05) is 13.7 Å². The maximum absolute atomic E-state index is 13.1. The summed E-state index contributed by atoms with van der Waals surface area (Å²) in [5.74, 6) is 0.615. The number of carbonyl (C=O) groups excluding carboxylic acids is 1. The molecule has 30 heavy (non-hydrogen) atoms. The average Bonchev–Trinajstić information content (AvgIpc) is 3.01. The van der Waals surface area contributed by atoms with Gasteiger partial charge in [0.05, 0.1) is 31.5 Å². The van der Waals surface area contributed by atoms with Crippen LogP contribution < -0.4 is 14.8 Å². The Morgan fingerprint density at radius 1 is 1.17 bits per heavy atom. The van der Waals surface area contributed by atoms with E-state index in [9.17, 15) is 9.18 Å². The Morgan fingerprint density at radius 2 is 1.87 bits per heavy atom. The molecule has 0 saturated heterocycles. The van der Waals surface area contributed by atoms with Crippen molar-refractivity contribution in [1.29, 1.82) is 0 Å². The molecule has 158 valence electrons. The molecule has 6 nitrogen and oxygen atoms in total.